The van der Waals surface area contributed by atoms with Crippen LogP contribution in [0.25, 0.3) is 0 Å². The molecule has 2 N–H and O–H groups in total. The largest absolute Gasteiger partial charge is 0.481 e. The number of aryl methyl sites for hydroxylation is 1. The maximum absolute atomic E-state index is 13.3. The van der Waals surface area contributed by atoms with Gasteiger partial charge in [-0.2, -0.15) is 0 Å². The first-order chi connectivity index (χ1) is 13.6. The van der Waals surface area contributed by atoms with Crippen LogP contribution in [0.1, 0.15) is 74.0 Å². The first-order valence-electron chi connectivity index (χ1n) is 11.2. The maximum atomic E-state index is 13.3. The summed E-state index contributed by atoms with van der Waals surface area (Å²) in [6.07, 6.45) is 10.3. The third-order valence-corrected chi connectivity index (χ3v) is 8.06. The van der Waals surface area contributed by atoms with Crippen LogP contribution in [0, 0.1) is 23.7 Å². The van der Waals surface area contributed by atoms with Crippen LogP contribution in [0.3, 0.4) is 0 Å². The quantitative estimate of drug-likeness (QED) is 0.808. The lowest BCUT2D eigenvalue weighted by Gasteiger charge is -2.54. The van der Waals surface area contributed by atoms with Crippen LogP contribution >= 0.6 is 0 Å². The van der Waals surface area contributed by atoms with Crippen LogP contribution in [0.5, 0.6) is 0 Å². The van der Waals surface area contributed by atoms with E-state index in [1.165, 1.54) is 37.7 Å². The lowest BCUT2D eigenvalue weighted by Crippen LogP contribution is -2.56. The predicted molar refractivity (Wildman–Crippen MR) is 107 cm³/mol. The summed E-state index contributed by atoms with van der Waals surface area (Å²) in [4.78, 5) is 24.3. The van der Waals surface area contributed by atoms with Gasteiger partial charge in [-0.25, -0.2) is 0 Å². The van der Waals surface area contributed by atoms with Gasteiger partial charge in [0.2, 0.25) is 5.91 Å². The van der Waals surface area contributed by atoms with E-state index in [1.807, 2.05) is 12.1 Å². The highest BCUT2D eigenvalue weighted by atomic mass is 16.4. The van der Waals surface area contributed by atoms with E-state index in [2.05, 4.69) is 11.4 Å². The molecule has 0 heterocycles. The minimum absolute atomic E-state index is 0.0642. The Bertz CT molecular complexity index is 758. The number of aliphatic carboxylic acids is 1. The van der Waals surface area contributed by atoms with Crippen molar-refractivity contribution in [3.8, 4) is 0 Å². The Hall–Kier alpha value is -1.84. The van der Waals surface area contributed by atoms with Crippen LogP contribution in [-0.4, -0.2) is 23.0 Å². The highest BCUT2D eigenvalue weighted by Gasteiger charge is 2.49. The zero-order valence-electron chi connectivity index (χ0n) is 16.5. The Kier molecular flexibility index (Phi) is 4.68. The number of carbonyl (C=O) groups is 2. The van der Waals surface area contributed by atoms with E-state index in [-0.39, 0.29) is 18.2 Å². The molecule has 0 radical (unpaired) electrons. The lowest BCUT2D eigenvalue weighted by molar-refractivity contribution is -0.137. The highest BCUT2D eigenvalue weighted by Crippen LogP contribution is 2.53. The first kappa shape index (κ1) is 18.2. The summed E-state index contributed by atoms with van der Waals surface area (Å²) < 4.78 is 0. The number of carbonyl (C=O) groups excluding carboxylic acids is 1. The SMILES string of the molecule is O=C(O)CCc1cccc2c1CCCC2C(=O)NC1C2CC3CC(C2)CC1C3. The lowest BCUT2D eigenvalue weighted by atomic mass is 9.54. The minimum atomic E-state index is -0.760. The molecule has 5 aliphatic carbocycles. The van der Waals surface area contributed by atoms with Crippen molar-refractivity contribution in [3.05, 3.63) is 34.9 Å². The zero-order chi connectivity index (χ0) is 19.3. The van der Waals surface area contributed by atoms with Crippen molar-refractivity contribution in [2.24, 2.45) is 23.7 Å². The molecular formula is C24H31NO3. The van der Waals surface area contributed by atoms with Crippen LogP contribution in [-0.2, 0) is 22.4 Å². The maximum Gasteiger partial charge on any atom is 0.303 e. The zero-order valence-corrected chi connectivity index (χ0v) is 16.5. The van der Waals surface area contributed by atoms with Crippen molar-refractivity contribution in [3.63, 3.8) is 0 Å². The fraction of sp³-hybridized carbons (Fsp3) is 0.667. The average Bonchev–Trinajstić information content (AvgIpc) is 2.68. The monoisotopic (exact) mass is 381 g/mol. The normalized spacial score (nSPS) is 35.4. The summed E-state index contributed by atoms with van der Waals surface area (Å²) in [5.41, 5.74) is 3.50. The van der Waals surface area contributed by atoms with Gasteiger partial charge in [-0.05, 0) is 98.1 Å². The third kappa shape index (κ3) is 3.25. The molecule has 4 bridgehead atoms. The van der Waals surface area contributed by atoms with Gasteiger partial charge < -0.3 is 10.4 Å². The predicted octanol–water partition coefficient (Wildman–Crippen LogP) is 4.06. The molecule has 1 aromatic rings. The topological polar surface area (TPSA) is 66.4 Å². The van der Waals surface area contributed by atoms with Gasteiger partial charge in [0.1, 0.15) is 0 Å². The summed E-state index contributed by atoms with van der Waals surface area (Å²) in [7, 11) is 0. The molecule has 6 rings (SSSR count). The number of fused-ring (bicyclic) bond motifs is 1. The minimum Gasteiger partial charge on any atom is -0.481 e. The number of hydrogen-bond acceptors (Lipinski definition) is 2. The van der Waals surface area contributed by atoms with E-state index >= 15 is 0 Å². The number of carboxylic acid groups (broad SMARTS) is 1. The van der Waals surface area contributed by atoms with Gasteiger partial charge in [0.25, 0.3) is 0 Å². The van der Waals surface area contributed by atoms with Crippen LogP contribution in [0.2, 0.25) is 0 Å². The van der Waals surface area contributed by atoms with Crippen LogP contribution in [0.4, 0.5) is 0 Å². The molecule has 0 saturated heterocycles. The number of amides is 1. The second kappa shape index (κ2) is 7.20. The fourth-order valence-corrected chi connectivity index (χ4v) is 7.10. The molecule has 4 heteroatoms. The molecule has 0 aromatic heterocycles. The summed E-state index contributed by atoms with van der Waals surface area (Å²) in [5, 5.41) is 12.5. The number of hydrogen-bond donors (Lipinski definition) is 2. The number of rotatable bonds is 5. The van der Waals surface area contributed by atoms with Gasteiger partial charge in [0.05, 0.1) is 5.92 Å². The summed E-state index contributed by atoms with van der Waals surface area (Å²) in [6.45, 7) is 0. The van der Waals surface area contributed by atoms with Gasteiger partial charge in [0, 0.05) is 12.5 Å². The number of nitrogens with one attached hydrogen (secondary N) is 1. The van der Waals surface area contributed by atoms with E-state index in [9.17, 15) is 9.59 Å². The Labute approximate surface area is 167 Å². The number of benzene rings is 1. The van der Waals surface area contributed by atoms with E-state index < -0.39 is 5.97 Å². The molecule has 1 unspecified atom stereocenters. The van der Waals surface area contributed by atoms with Crippen LogP contribution in [0.15, 0.2) is 18.2 Å². The van der Waals surface area contributed by atoms with E-state index in [0.717, 1.165) is 42.2 Å². The van der Waals surface area contributed by atoms with Gasteiger partial charge in [0.15, 0.2) is 0 Å². The Morgan fingerprint density at radius 3 is 2.43 bits per heavy atom. The molecule has 5 aliphatic rings. The summed E-state index contributed by atoms with van der Waals surface area (Å²) >= 11 is 0. The van der Waals surface area contributed by atoms with Crippen molar-refractivity contribution >= 4 is 11.9 Å². The molecule has 28 heavy (non-hydrogen) atoms. The standard InChI is InChI=1S/C24H31NO3/c26-22(27)8-7-16-3-1-5-20-19(16)4-2-6-21(20)24(28)25-23-17-10-14-9-15(12-17)13-18(23)11-14/h1,3,5,14-15,17-18,21,23H,2,4,6-13H2,(H,25,28)(H,26,27). The highest BCUT2D eigenvalue weighted by molar-refractivity contribution is 5.85. The molecule has 150 valence electrons. The molecule has 1 atom stereocenters. The average molecular weight is 382 g/mol. The molecular weight excluding hydrogens is 350 g/mol. The Morgan fingerprint density at radius 1 is 1.04 bits per heavy atom. The molecule has 4 saturated carbocycles. The molecule has 4 nitrogen and oxygen atoms in total. The second-order valence-corrected chi connectivity index (χ2v) is 9.79. The van der Waals surface area contributed by atoms with Crippen molar-refractivity contribution < 1.29 is 14.7 Å². The van der Waals surface area contributed by atoms with E-state index in [4.69, 9.17) is 5.11 Å². The van der Waals surface area contributed by atoms with E-state index in [0.29, 0.717) is 24.3 Å². The van der Waals surface area contributed by atoms with E-state index in [1.54, 1.807) is 0 Å². The molecule has 0 aliphatic heterocycles. The van der Waals surface area contributed by atoms with Crippen molar-refractivity contribution in [1.82, 2.24) is 5.32 Å². The number of carboxylic acids is 1. The molecule has 1 amide bonds. The van der Waals surface area contributed by atoms with Gasteiger partial charge in [-0.1, -0.05) is 18.2 Å². The summed E-state index contributed by atoms with van der Waals surface area (Å²) in [6, 6.07) is 6.53. The Balaban J connectivity index is 1.33. The fourth-order valence-electron chi connectivity index (χ4n) is 7.10. The summed E-state index contributed by atoms with van der Waals surface area (Å²) in [5.74, 6) is 2.63. The second-order valence-electron chi connectivity index (χ2n) is 9.79. The van der Waals surface area contributed by atoms with Crippen LogP contribution < -0.4 is 5.32 Å². The van der Waals surface area contributed by atoms with Crippen molar-refractivity contribution in [1.29, 1.82) is 0 Å². The Morgan fingerprint density at radius 2 is 1.75 bits per heavy atom. The third-order valence-electron chi connectivity index (χ3n) is 8.06. The van der Waals surface area contributed by atoms with Gasteiger partial charge in [-0.3, -0.25) is 9.59 Å². The first-order valence-corrected chi connectivity index (χ1v) is 11.2. The van der Waals surface area contributed by atoms with Gasteiger partial charge >= 0.3 is 5.97 Å². The molecule has 1 aromatic carbocycles. The molecule has 4 fully saturated rings. The van der Waals surface area contributed by atoms with Crippen molar-refractivity contribution in [2.45, 2.75) is 76.2 Å². The van der Waals surface area contributed by atoms with Crippen molar-refractivity contribution in [2.75, 3.05) is 0 Å². The van der Waals surface area contributed by atoms with Gasteiger partial charge in [-0.15, -0.1) is 0 Å². The smallest absolute Gasteiger partial charge is 0.303 e. The molecule has 0 spiro atoms.